The van der Waals surface area contributed by atoms with E-state index in [1.165, 1.54) is 0 Å². The highest BCUT2D eigenvalue weighted by Crippen LogP contribution is 2.41. The van der Waals surface area contributed by atoms with Crippen LogP contribution in [0.2, 0.25) is 10.0 Å². The molecule has 1 unspecified atom stereocenters. The quantitative estimate of drug-likeness (QED) is 0.318. The highest BCUT2D eigenvalue weighted by atomic mass is 35.5. The van der Waals surface area contributed by atoms with Gasteiger partial charge in [-0.25, -0.2) is 0 Å². The average molecular weight is 567 g/mol. The van der Waals surface area contributed by atoms with E-state index in [0.717, 1.165) is 54.7 Å². The molecular formula is C32H37Cl2N3O2. The number of hydrogen-bond donors (Lipinski definition) is 1. The molecule has 0 spiro atoms. The van der Waals surface area contributed by atoms with Gasteiger partial charge in [-0.2, -0.15) is 0 Å². The van der Waals surface area contributed by atoms with Gasteiger partial charge in [0.25, 0.3) is 5.91 Å². The van der Waals surface area contributed by atoms with Gasteiger partial charge in [0, 0.05) is 45.4 Å². The fourth-order valence-electron chi connectivity index (χ4n) is 5.93. The molecule has 3 aromatic rings. The molecule has 7 heteroatoms. The summed E-state index contributed by atoms with van der Waals surface area (Å²) in [4.78, 5) is 29.9. The van der Waals surface area contributed by atoms with Gasteiger partial charge in [0.15, 0.2) is 0 Å². The molecule has 1 atom stereocenters. The number of halogens is 2. The van der Waals surface area contributed by atoms with E-state index in [-0.39, 0.29) is 23.3 Å². The normalized spacial score (nSPS) is 15.5. The van der Waals surface area contributed by atoms with Crippen molar-refractivity contribution in [1.29, 1.82) is 0 Å². The van der Waals surface area contributed by atoms with E-state index in [1.54, 1.807) is 14.0 Å². The number of nitrogens with one attached hydrogen (secondary N) is 1. The van der Waals surface area contributed by atoms with E-state index in [2.05, 4.69) is 35.3 Å². The molecule has 2 amide bonds. The van der Waals surface area contributed by atoms with Gasteiger partial charge in [-0.15, -0.1) is 0 Å². The maximum absolute atomic E-state index is 13.0. The van der Waals surface area contributed by atoms with Gasteiger partial charge < -0.3 is 15.1 Å². The number of benzene rings is 3. The van der Waals surface area contributed by atoms with Crippen molar-refractivity contribution in [3.05, 3.63) is 99.0 Å². The van der Waals surface area contributed by atoms with Crippen LogP contribution in [0.25, 0.3) is 0 Å². The third-order valence-corrected chi connectivity index (χ3v) is 9.08. The molecule has 0 aliphatic carbocycles. The Hall–Kier alpha value is -3.02. The Balaban J connectivity index is 1.70. The summed E-state index contributed by atoms with van der Waals surface area (Å²) in [5, 5.41) is 3.89. The van der Waals surface area contributed by atoms with Crippen LogP contribution in [0.1, 0.15) is 66.1 Å². The van der Waals surface area contributed by atoms with Crippen LogP contribution in [0.15, 0.2) is 66.7 Å². The second-order valence-corrected chi connectivity index (χ2v) is 11.1. The minimum absolute atomic E-state index is 0.0574. The molecule has 1 fully saturated rings. The second kappa shape index (κ2) is 12.4. The highest BCUT2D eigenvalue weighted by molar-refractivity contribution is 6.42. The molecule has 1 saturated heterocycles. The molecule has 0 radical (unpaired) electrons. The van der Waals surface area contributed by atoms with Gasteiger partial charge in [0.05, 0.1) is 15.6 Å². The van der Waals surface area contributed by atoms with Crippen molar-refractivity contribution in [3.8, 4) is 0 Å². The van der Waals surface area contributed by atoms with E-state index >= 15 is 0 Å². The van der Waals surface area contributed by atoms with Gasteiger partial charge in [-0.3, -0.25) is 9.59 Å². The zero-order valence-corrected chi connectivity index (χ0v) is 24.6. The number of rotatable bonds is 8. The number of hydrogen-bond acceptors (Lipinski definition) is 3. The van der Waals surface area contributed by atoms with E-state index in [1.807, 2.05) is 60.5 Å². The average Bonchev–Trinajstić information content (AvgIpc) is 2.97. The van der Waals surface area contributed by atoms with Crippen molar-refractivity contribution >= 4 is 40.7 Å². The molecule has 206 valence electrons. The fraction of sp³-hybridized carbons (Fsp3) is 0.375. The molecule has 3 aromatic carbocycles. The van der Waals surface area contributed by atoms with Crippen LogP contribution >= 0.6 is 23.2 Å². The van der Waals surface area contributed by atoms with Crippen molar-refractivity contribution in [3.63, 3.8) is 0 Å². The summed E-state index contributed by atoms with van der Waals surface area (Å²) in [6, 6.07) is 22.1. The Morgan fingerprint density at radius 1 is 1.00 bits per heavy atom. The minimum atomic E-state index is -0.367. The number of carbonyl (C=O) groups excluding carboxylic acids is 2. The zero-order chi connectivity index (χ0) is 28.2. The second-order valence-electron chi connectivity index (χ2n) is 10.3. The van der Waals surface area contributed by atoms with Crippen molar-refractivity contribution in [2.24, 2.45) is 0 Å². The first-order valence-corrected chi connectivity index (χ1v) is 14.3. The lowest BCUT2D eigenvalue weighted by atomic mass is 9.79. The molecule has 0 aromatic heterocycles. The maximum Gasteiger partial charge on any atom is 0.251 e. The SMILES string of the molecule is CCC(Cc1c(C(=O)NC)cccc1N1CCC(c2ccccc2)(N(C)C(C)=O)CC1)c1ccc(Cl)c(Cl)c1. The summed E-state index contributed by atoms with van der Waals surface area (Å²) >= 11 is 12.6. The van der Waals surface area contributed by atoms with Crippen molar-refractivity contribution in [2.75, 3.05) is 32.1 Å². The van der Waals surface area contributed by atoms with E-state index in [4.69, 9.17) is 23.2 Å². The van der Waals surface area contributed by atoms with E-state index < -0.39 is 0 Å². The largest absolute Gasteiger partial charge is 0.371 e. The lowest BCUT2D eigenvalue weighted by Crippen LogP contribution is -2.53. The number of nitrogens with zero attached hydrogens (tertiary/aromatic N) is 2. The van der Waals surface area contributed by atoms with Crippen LogP contribution in [0.3, 0.4) is 0 Å². The molecule has 1 heterocycles. The highest BCUT2D eigenvalue weighted by Gasteiger charge is 2.41. The molecular weight excluding hydrogens is 529 g/mol. The predicted molar refractivity (Wildman–Crippen MR) is 161 cm³/mol. The maximum atomic E-state index is 13.0. The first kappa shape index (κ1) is 29.0. The summed E-state index contributed by atoms with van der Waals surface area (Å²) < 4.78 is 0. The van der Waals surface area contributed by atoms with E-state index in [9.17, 15) is 9.59 Å². The number of carbonyl (C=O) groups is 2. The lowest BCUT2D eigenvalue weighted by molar-refractivity contribution is -0.134. The van der Waals surface area contributed by atoms with Gasteiger partial charge in [0.1, 0.15) is 0 Å². The van der Waals surface area contributed by atoms with Crippen molar-refractivity contribution < 1.29 is 9.59 Å². The Labute approximate surface area is 242 Å². The first-order chi connectivity index (χ1) is 18.7. The summed E-state index contributed by atoms with van der Waals surface area (Å²) in [5.74, 6) is 0.131. The monoisotopic (exact) mass is 565 g/mol. The number of amides is 2. The Bertz CT molecular complexity index is 1320. The molecule has 1 N–H and O–H groups in total. The summed E-state index contributed by atoms with van der Waals surface area (Å²) in [7, 11) is 3.58. The third kappa shape index (κ3) is 5.95. The fourth-order valence-corrected chi connectivity index (χ4v) is 6.24. The summed E-state index contributed by atoms with van der Waals surface area (Å²) in [5.41, 5.74) is 4.69. The Kier molecular flexibility index (Phi) is 9.24. The van der Waals surface area contributed by atoms with Gasteiger partial charge in [0.2, 0.25) is 5.91 Å². The predicted octanol–water partition coefficient (Wildman–Crippen LogP) is 7.06. The standard InChI is InChI=1S/C32H37Cl2N3O2/c1-5-23(24-14-15-28(33)29(34)21-24)20-27-26(31(39)35-3)12-9-13-30(27)37-18-16-32(17-19-37,36(4)22(2)38)25-10-7-6-8-11-25/h6-15,21,23H,5,16-20H2,1-4H3,(H,35,39). The Morgan fingerprint density at radius 2 is 1.69 bits per heavy atom. The molecule has 0 bridgehead atoms. The van der Waals surface area contributed by atoms with Crippen molar-refractivity contribution in [2.45, 2.75) is 51.0 Å². The molecule has 1 aliphatic rings. The van der Waals surface area contributed by atoms with Crippen LogP contribution in [-0.2, 0) is 16.8 Å². The van der Waals surface area contributed by atoms with Gasteiger partial charge in [-0.1, -0.05) is 72.6 Å². The number of piperidine rings is 1. The lowest BCUT2D eigenvalue weighted by Gasteiger charge is -2.48. The van der Waals surface area contributed by atoms with Crippen LogP contribution in [-0.4, -0.2) is 43.9 Å². The van der Waals surface area contributed by atoms with Gasteiger partial charge in [-0.05, 0) is 72.6 Å². The summed E-state index contributed by atoms with van der Waals surface area (Å²) in [6.07, 6.45) is 3.17. The van der Waals surface area contributed by atoms with Crippen LogP contribution < -0.4 is 10.2 Å². The molecule has 39 heavy (non-hydrogen) atoms. The molecule has 1 aliphatic heterocycles. The van der Waals surface area contributed by atoms with Crippen LogP contribution in [0.4, 0.5) is 5.69 Å². The van der Waals surface area contributed by atoms with Crippen LogP contribution in [0, 0.1) is 0 Å². The number of anilines is 1. The summed E-state index contributed by atoms with van der Waals surface area (Å²) in [6.45, 7) is 5.32. The first-order valence-electron chi connectivity index (χ1n) is 13.6. The van der Waals surface area contributed by atoms with Gasteiger partial charge >= 0.3 is 0 Å². The third-order valence-electron chi connectivity index (χ3n) is 8.34. The minimum Gasteiger partial charge on any atom is -0.371 e. The topological polar surface area (TPSA) is 52.7 Å². The zero-order valence-electron chi connectivity index (χ0n) is 23.1. The molecule has 0 saturated carbocycles. The smallest absolute Gasteiger partial charge is 0.251 e. The Morgan fingerprint density at radius 3 is 2.28 bits per heavy atom. The molecule has 4 rings (SSSR count). The van der Waals surface area contributed by atoms with Crippen molar-refractivity contribution in [1.82, 2.24) is 10.2 Å². The van der Waals surface area contributed by atoms with Crippen LogP contribution in [0.5, 0.6) is 0 Å². The molecule has 5 nitrogen and oxygen atoms in total. The van der Waals surface area contributed by atoms with E-state index in [0.29, 0.717) is 22.0 Å².